The van der Waals surface area contributed by atoms with E-state index in [0.717, 1.165) is 37.7 Å². The van der Waals surface area contributed by atoms with Gasteiger partial charge >= 0.3 is 0 Å². The molecule has 256 valence electrons. The fraction of sp³-hybridized carbons (Fsp3) is 0.390. The van der Waals surface area contributed by atoms with Crippen molar-refractivity contribution in [2.24, 2.45) is 11.7 Å². The Kier molecular flexibility index (Phi) is 11.3. The summed E-state index contributed by atoms with van der Waals surface area (Å²) in [5.74, 6) is 0.209. The number of hydrogen-bond acceptors (Lipinski definition) is 5. The number of rotatable bonds is 14. The molecule has 0 aliphatic heterocycles. The van der Waals surface area contributed by atoms with E-state index in [2.05, 4.69) is 66.1 Å². The fourth-order valence-corrected chi connectivity index (χ4v) is 7.58. The maximum atomic E-state index is 13.5. The number of carbonyl (C=O) groups is 3. The van der Waals surface area contributed by atoms with Crippen LogP contribution in [0.25, 0.3) is 11.1 Å². The molecule has 2 aliphatic rings. The summed E-state index contributed by atoms with van der Waals surface area (Å²) in [5.41, 5.74) is 12.6. The lowest BCUT2D eigenvalue weighted by atomic mass is 9.86. The monoisotopic (exact) mass is 660 g/mol. The molecule has 6 rings (SSSR count). The summed E-state index contributed by atoms with van der Waals surface area (Å²) in [4.78, 5) is 42.0. The van der Waals surface area contributed by atoms with Crippen molar-refractivity contribution in [1.29, 1.82) is 0 Å². The van der Waals surface area contributed by atoms with E-state index in [1.807, 2.05) is 29.2 Å². The largest absolute Gasteiger partial charge is 0.459 e. The third kappa shape index (κ3) is 8.31. The molecule has 3 aromatic carbocycles. The first kappa shape index (κ1) is 34.2. The molecule has 0 spiro atoms. The van der Waals surface area contributed by atoms with E-state index in [-0.39, 0.29) is 35.6 Å². The second kappa shape index (κ2) is 16.1. The fourth-order valence-electron chi connectivity index (χ4n) is 7.58. The number of carbonyl (C=O) groups excluding carboxylic acids is 3. The molecule has 1 aromatic heterocycles. The average molecular weight is 661 g/mol. The zero-order valence-electron chi connectivity index (χ0n) is 28.4. The number of furan rings is 1. The Morgan fingerprint density at radius 3 is 2.18 bits per heavy atom. The highest BCUT2D eigenvalue weighted by Gasteiger charge is 2.31. The van der Waals surface area contributed by atoms with Crippen molar-refractivity contribution in [3.05, 3.63) is 114 Å². The van der Waals surface area contributed by atoms with Gasteiger partial charge in [-0.05, 0) is 96.6 Å². The number of benzene rings is 3. The Balaban J connectivity index is 1.06. The summed E-state index contributed by atoms with van der Waals surface area (Å²) in [6.07, 6.45) is 9.17. The second-order valence-electron chi connectivity index (χ2n) is 13.7. The lowest BCUT2D eigenvalue weighted by Gasteiger charge is -2.34. The SMILES string of the molecule is CC(CC(=O)N[C@H](CCCN)C(=O)Nc1ccc(CN(C(=O)c2ccco2)C2CCCCC2)cc1)CC1c2ccccc2-c2ccccc21. The van der Waals surface area contributed by atoms with Crippen molar-refractivity contribution in [3.8, 4) is 11.1 Å². The lowest BCUT2D eigenvalue weighted by molar-refractivity contribution is -0.127. The zero-order valence-corrected chi connectivity index (χ0v) is 28.4. The summed E-state index contributed by atoms with van der Waals surface area (Å²) in [6.45, 7) is 3.00. The van der Waals surface area contributed by atoms with Crippen LogP contribution < -0.4 is 16.4 Å². The first-order valence-electron chi connectivity index (χ1n) is 17.8. The third-order valence-electron chi connectivity index (χ3n) is 10.1. The van der Waals surface area contributed by atoms with Crippen LogP contribution >= 0.6 is 0 Å². The Hall–Kier alpha value is -4.69. The highest BCUT2D eigenvalue weighted by molar-refractivity contribution is 5.97. The molecule has 1 unspecified atom stereocenters. The van der Waals surface area contributed by atoms with E-state index < -0.39 is 6.04 Å². The Labute approximate surface area is 289 Å². The zero-order chi connectivity index (χ0) is 34.2. The van der Waals surface area contributed by atoms with Gasteiger partial charge < -0.3 is 25.7 Å². The van der Waals surface area contributed by atoms with Crippen LogP contribution in [0.4, 0.5) is 5.69 Å². The van der Waals surface area contributed by atoms with Crippen LogP contribution in [-0.2, 0) is 16.1 Å². The minimum absolute atomic E-state index is 0.0973. The van der Waals surface area contributed by atoms with Gasteiger partial charge in [0.25, 0.3) is 5.91 Å². The first-order chi connectivity index (χ1) is 23.9. The molecule has 8 heteroatoms. The van der Waals surface area contributed by atoms with E-state index in [1.54, 1.807) is 12.1 Å². The quantitative estimate of drug-likeness (QED) is 0.128. The Morgan fingerprint density at radius 2 is 1.55 bits per heavy atom. The number of hydrogen-bond donors (Lipinski definition) is 3. The number of nitrogens with one attached hydrogen (secondary N) is 2. The van der Waals surface area contributed by atoms with Gasteiger partial charge in [-0.25, -0.2) is 0 Å². The second-order valence-corrected chi connectivity index (χ2v) is 13.7. The molecule has 1 heterocycles. The van der Waals surface area contributed by atoms with Crippen molar-refractivity contribution in [3.63, 3.8) is 0 Å². The van der Waals surface area contributed by atoms with E-state index in [9.17, 15) is 14.4 Å². The van der Waals surface area contributed by atoms with E-state index >= 15 is 0 Å². The van der Waals surface area contributed by atoms with Crippen LogP contribution in [0.2, 0.25) is 0 Å². The van der Waals surface area contributed by atoms with Gasteiger partial charge in [0.1, 0.15) is 6.04 Å². The van der Waals surface area contributed by atoms with Crippen molar-refractivity contribution >= 4 is 23.4 Å². The van der Waals surface area contributed by atoms with E-state index in [0.29, 0.717) is 43.8 Å². The molecule has 0 saturated heterocycles. The number of nitrogens with zero attached hydrogens (tertiary/aromatic N) is 1. The number of amides is 3. The van der Waals surface area contributed by atoms with Gasteiger partial charge in [-0.1, -0.05) is 86.8 Å². The van der Waals surface area contributed by atoms with Gasteiger partial charge in [0.05, 0.1) is 6.26 Å². The normalized spacial score (nSPS) is 15.6. The maximum absolute atomic E-state index is 13.5. The van der Waals surface area contributed by atoms with Crippen LogP contribution in [0.3, 0.4) is 0 Å². The smallest absolute Gasteiger partial charge is 0.290 e. The van der Waals surface area contributed by atoms with Gasteiger partial charge in [-0.15, -0.1) is 0 Å². The Bertz CT molecular complexity index is 1670. The molecule has 8 nitrogen and oxygen atoms in total. The van der Waals surface area contributed by atoms with Crippen molar-refractivity contribution in [2.75, 3.05) is 11.9 Å². The summed E-state index contributed by atoms with van der Waals surface area (Å²) in [7, 11) is 0. The number of nitrogens with two attached hydrogens (primary N) is 1. The summed E-state index contributed by atoms with van der Waals surface area (Å²) >= 11 is 0. The van der Waals surface area contributed by atoms with Crippen LogP contribution in [0.15, 0.2) is 95.6 Å². The van der Waals surface area contributed by atoms with Gasteiger partial charge in [0.15, 0.2) is 5.76 Å². The van der Waals surface area contributed by atoms with E-state index in [4.69, 9.17) is 10.2 Å². The topological polar surface area (TPSA) is 118 Å². The molecule has 0 radical (unpaired) electrons. The van der Waals surface area contributed by atoms with Crippen LogP contribution in [-0.4, -0.2) is 41.2 Å². The number of fused-ring (bicyclic) bond motifs is 3. The number of anilines is 1. The molecular weight excluding hydrogens is 612 g/mol. The van der Waals surface area contributed by atoms with Crippen LogP contribution in [0.1, 0.15) is 97.9 Å². The molecule has 2 atom stereocenters. The Morgan fingerprint density at radius 1 is 0.878 bits per heavy atom. The molecule has 1 fully saturated rings. The predicted octanol–water partition coefficient (Wildman–Crippen LogP) is 7.65. The molecule has 49 heavy (non-hydrogen) atoms. The molecule has 4 aromatic rings. The van der Waals surface area contributed by atoms with Gasteiger partial charge in [0, 0.05) is 30.6 Å². The summed E-state index contributed by atoms with van der Waals surface area (Å²) < 4.78 is 5.45. The molecule has 4 N–H and O–H groups in total. The standard InChI is InChI=1S/C41H48N4O4/c1-28(25-36-34-15-7-5-13-32(34)33-14-6-8-16-35(33)36)26-39(46)44-37(17-9-23-42)40(47)43-30-21-19-29(20-22-30)27-45(31-11-3-2-4-12-31)41(48)38-18-10-24-49-38/h5-8,10,13-16,18-22,24,28,31,36-37H,2-4,9,11-12,17,23,25-27,42H2,1H3,(H,43,47)(H,44,46)/t28?,37-/m1/s1. The highest BCUT2D eigenvalue weighted by atomic mass is 16.3. The first-order valence-corrected chi connectivity index (χ1v) is 17.8. The molecule has 3 amide bonds. The third-order valence-corrected chi connectivity index (χ3v) is 10.1. The molecule has 2 aliphatic carbocycles. The minimum Gasteiger partial charge on any atom is -0.459 e. The maximum Gasteiger partial charge on any atom is 0.290 e. The van der Waals surface area contributed by atoms with E-state index in [1.165, 1.54) is 34.9 Å². The molecule has 0 bridgehead atoms. The van der Waals surface area contributed by atoms with Gasteiger partial charge in [0.2, 0.25) is 11.8 Å². The highest BCUT2D eigenvalue weighted by Crippen LogP contribution is 2.47. The van der Waals surface area contributed by atoms with Crippen LogP contribution in [0.5, 0.6) is 0 Å². The van der Waals surface area contributed by atoms with Crippen molar-refractivity contribution in [1.82, 2.24) is 10.2 Å². The molecular formula is C41H48N4O4. The van der Waals surface area contributed by atoms with Gasteiger partial charge in [-0.2, -0.15) is 0 Å². The van der Waals surface area contributed by atoms with Crippen LogP contribution in [0, 0.1) is 5.92 Å². The van der Waals surface area contributed by atoms with Crippen molar-refractivity contribution < 1.29 is 18.8 Å². The minimum atomic E-state index is -0.691. The lowest BCUT2D eigenvalue weighted by Crippen LogP contribution is -2.44. The predicted molar refractivity (Wildman–Crippen MR) is 193 cm³/mol. The summed E-state index contributed by atoms with van der Waals surface area (Å²) in [5, 5.41) is 6.00. The average Bonchev–Trinajstić information content (AvgIpc) is 3.77. The molecule has 1 saturated carbocycles. The van der Waals surface area contributed by atoms with Crippen molar-refractivity contribution in [2.45, 2.75) is 89.3 Å². The summed E-state index contributed by atoms with van der Waals surface area (Å²) in [6, 6.07) is 27.6. The van der Waals surface area contributed by atoms with Gasteiger partial charge in [-0.3, -0.25) is 14.4 Å².